The minimum Gasteiger partial charge on any atom is -0.392 e. The van der Waals surface area contributed by atoms with E-state index in [-0.39, 0.29) is 5.92 Å². The molecule has 1 unspecified atom stereocenters. The van der Waals surface area contributed by atoms with Gasteiger partial charge in [-0.3, -0.25) is 4.98 Å². The van der Waals surface area contributed by atoms with E-state index in [9.17, 15) is 0 Å². The van der Waals surface area contributed by atoms with Crippen molar-refractivity contribution in [3.8, 4) is 0 Å². The monoisotopic (exact) mass is 262 g/mol. The third-order valence-corrected chi connectivity index (χ3v) is 2.96. The Morgan fingerprint density at radius 1 is 1.18 bits per heavy atom. The van der Waals surface area contributed by atoms with E-state index in [1.807, 2.05) is 42.5 Å². The topological polar surface area (TPSA) is 38.9 Å². The maximum Gasteiger partial charge on any atom is 0.0864 e. The number of rotatable bonds is 3. The molecule has 0 aliphatic carbocycles. The molecule has 4 heteroatoms. The van der Waals surface area contributed by atoms with Crippen molar-refractivity contribution in [1.82, 2.24) is 4.98 Å². The van der Waals surface area contributed by atoms with Crippen molar-refractivity contribution in [2.75, 3.05) is 0 Å². The van der Waals surface area contributed by atoms with Crippen LogP contribution >= 0.6 is 23.8 Å². The van der Waals surface area contributed by atoms with E-state index in [0.717, 1.165) is 11.3 Å². The SMILES string of the molecule is NC(=S)C(c1ccc(Cl)cc1)c1ccccn1. The normalized spacial score (nSPS) is 12.1. The number of hydrogen-bond donors (Lipinski definition) is 1. The summed E-state index contributed by atoms with van der Waals surface area (Å²) < 4.78 is 0. The van der Waals surface area contributed by atoms with Crippen molar-refractivity contribution in [2.45, 2.75) is 5.92 Å². The number of thiocarbonyl (C=S) groups is 1. The average molecular weight is 263 g/mol. The van der Waals surface area contributed by atoms with Crippen LogP contribution in [0, 0.1) is 0 Å². The average Bonchev–Trinajstić information content (AvgIpc) is 2.33. The van der Waals surface area contributed by atoms with Gasteiger partial charge in [0.05, 0.1) is 16.6 Å². The second-order valence-corrected chi connectivity index (χ2v) is 4.55. The molecule has 1 aromatic carbocycles. The van der Waals surface area contributed by atoms with Gasteiger partial charge in [-0.2, -0.15) is 0 Å². The highest BCUT2D eigenvalue weighted by molar-refractivity contribution is 7.80. The quantitative estimate of drug-likeness (QED) is 0.864. The molecule has 0 aliphatic rings. The molecular weight excluding hydrogens is 252 g/mol. The fourth-order valence-electron chi connectivity index (χ4n) is 1.68. The maximum atomic E-state index is 5.86. The molecule has 86 valence electrons. The third kappa shape index (κ3) is 2.81. The van der Waals surface area contributed by atoms with E-state index in [0.29, 0.717) is 10.0 Å². The van der Waals surface area contributed by atoms with Gasteiger partial charge in [-0.1, -0.05) is 42.0 Å². The highest BCUT2D eigenvalue weighted by Gasteiger charge is 2.17. The molecule has 0 saturated carbocycles. The van der Waals surface area contributed by atoms with Gasteiger partial charge in [-0.05, 0) is 29.8 Å². The van der Waals surface area contributed by atoms with Crippen molar-refractivity contribution in [3.05, 3.63) is 64.9 Å². The summed E-state index contributed by atoms with van der Waals surface area (Å²) in [6, 6.07) is 13.2. The Balaban J connectivity index is 2.43. The largest absolute Gasteiger partial charge is 0.392 e. The second kappa shape index (κ2) is 5.25. The minimum atomic E-state index is -0.163. The Morgan fingerprint density at radius 3 is 2.41 bits per heavy atom. The number of benzene rings is 1. The van der Waals surface area contributed by atoms with Crippen LogP contribution in [0.15, 0.2) is 48.7 Å². The molecule has 17 heavy (non-hydrogen) atoms. The van der Waals surface area contributed by atoms with E-state index in [4.69, 9.17) is 29.6 Å². The molecule has 2 nitrogen and oxygen atoms in total. The molecule has 0 spiro atoms. The van der Waals surface area contributed by atoms with Gasteiger partial charge in [0.1, 0.15) is 0 Å². The van der Waals surface area contributed by atoms with E-state index >= 15 is 0 Å². The van der Waals surface area contributed by atoms with Gasteiger partial charge in [-0.15, -0.1) is 0 Å². The van der Waals surface area contributed by atoms with Gasteiger partial charge in [0.15, 0.2) is 0 Å². The first kappa shape index (κ1) is 12.0. The van der Waals surface area contributed by atoms with Crippen LogP contribution in [-0.2, 0) is 0 Å². The lowest BCUT2D eigenvalue weighted by atomic mass is 9.95. The molecule has 0 bridgehead atoms. The van der Waals surface area contributed by atoms with Crippen LogP contribution in [0.1, 0.15) is 17.2 Å². The zero-order chi connectivity index (χ0) is 12.3. The summed E-state index contributed by atoms with van der Waals surface area (Å²) in [7, 11) is 0. The van der Waals surface area contributed by atoms with Crippen LogP contribution in [-0.4, -0.2) is 9.97 Å². The molecular formula is C13H11ClN2S. The van der Waals surface area contributed by atoms with Gasteiger partial charge >= 0.3 is 0 Å². The first-order valence-corrected chi connectivity index (χ1v) is 5.93. The molecule has 2 rings (SSSR count). The summed E-state index contributed by atoms with van der Waals surface area (Å²) >= 11 is 11.0. The van der Waals surface area contributed by atoms with Gasteiger partial charge in [0.2, 0.25) is 0 Å². The smallest absolute Gasteiger partial charge is 0.0864 e. The summed E-state index contributed by atoms with van der Waals surface area (Å²) in [5.74, 6) is -0.163. The van der Waals surface area contributed by atoms with Crippen LogP contribution in [0.3, 0.4) is 0 Å². The molecule has 2 N–H and O–H groups in total. The van der Waals surface area contributed by atoms with Crippen LogP contribution < -0.4 is 5.73 Å². The number of nitrogens with two attached hydrogens (primary N) is 1. The van der Waals surface area contributed by atoms with Gasteiger partial charge in [-0.25, -0.2) is 0 Å². The molecule has 1 heterocycles. The van der Waals surface area contributed by atoms with E-state index in [1.165, 1.54) is 0 Å². The molecule has 2 aromatic rings. The predicted molar refractivity (Wildman–Crippen MR) is 74.3 cm³/mol. The van der Waals surface area contributed by atoms with E-state index in [2.05, 4.69) is 4.98 Å². The summed E-state index contributed by atoms with van der Waals surface area (Å²) in [4.78, 5) is 4.71. The van der Waals surface area contributed by atoms with Crippen molar-refractivity contribution >= 4 is 28.8 Å². The van der Waals surface area contributed by atoms with E-state index in [1.54, 1.807) is 6.20 Å². The Kier molecular flexibility index (Phi) is 3.71. The summed E-state index contributed by atoms with van der Waals surface area (Å²) in [5.41, 5.74) is 7.65. The zero-order valence-corrected chi connectivity index (χ0v) is 10.6. The van der Waals surface area contributed by atoms with Crippen LogP contribution in [0.5, 0.6) is 0 Å². The van der Waals surface area contributed by atoms with Crippen LogP contribution in [0.25, 0.3) is 0 Å². The molecule has 0 radical (unpaired) electrons. The second-order valence-electron chi connectivity index (χ2n) is 3.64. The number of nitrogens with zero attached hydrogens (tertiary/aromatic N) is 1. The molecule has 1 atom stereocenters. The summed E-state index contributed by atoms with van der Waals surface area (Å²) in [5, 5.41) is 0.691. The molecule has 1 aromatic heterocycles. The Hall–Kier alpha value is -1.45. The van der Waals surface area contributed by atoms with Crippen molar-refractivity contribution in [3.63, 3.8) is 0 Å². The first-order chi connectivity index (χ1) is 8.18. The number of hydrogen-bond acceptors (Lipinski definition) is 2. The van der Waals surface area contributed by atoms with Crippen molar-refractivity contribution < 1.29 is 0 Å². The predicted octanol–water partition coefficient (Wildman–Crippen LogP) is 3.15. The van der Waals surface area contributed by atoms with E-state index < -0.39 is 0 Å². The minimum absolute atomic E-state index is 0.163. The maximum absolute atomic E-state index is 5.86. The Labute approximate surface area is 110 Å². The summed E-state index contributed by atoms with van der Waals surface area (Å²) in [6.45, 7) is 0. The third-order valence-electron chi connectivity index (χ3n) is 2.47. The zero-order valence-electron chi connectivity index (χ0n) is 9.01. The lowest BCUT2D eigenvalue weighted by Gasteiger charge is -2.15. The summed E-state index contributed by atoms with van der Waals surface area (Å²) in [6.07, 6.45) is 1.73. The highest BCUT2D eigenvalue weighted by atomic mass is 35.5. The van der Waals surface area contributed by atoms with Crippen LogP contribution in [0.2, 0.25) is 5.02 Å². The Bertz CT molecular complexity index is 511. The number of aromatic nitrogens is 1. The molecule has 0 aliphatic heterocycles. The number of pyridine rings is 1. The Morgan fingerprint density at radius 2 is 1.88 bits per heavy atom. The van der Waals surface area contributed by atoms with Gasteiger partial charge in [0, 0.05) is 11.2 Å². The lowest BCUT2D eigenvalue weighted by molar-refractivity contribution is 0.999. The highest BCUT2D eigenvalue weighted by Crippen LogP contribution is 2.24. The molecule has 0 saturated heterocycles. The fraction of sp³-hybridized carbons (Fsp3) is 0.0769. The fourth-order valence-corrected chi connectivity index (χ4v) is 2.07. The lowest BCUT2D eigenvalue weighted by Crippen LogP contribution is -2.21. The molecule has 0 amide bonds. The van der Waals surface area contributed by atoms with Crippen molar-refractivity contribution in [1.29, 1.82) is 0 Å². The van der Waals surface area contributed by atoms with Crippen LogP contribution in [0.4, 0.5) is 0 Å². The van der Waals surface area contributed by atoms with Crippen molar-refractivity contribution in [2.24, 2.45) is 5.73 Å². The number of halogens is 1. The first-order valence-electron chi connectivity index (χ1n) is 5.14. The standard InChI is InChI=1S/C13H11ClN2S/c14-10-6-4-9(5-7-10)12(13(15)17)11-3-1-2-8-16-11/h1-8,12H,(H2,15,17). The molecule has 0 fully saturated rings. The van der Waals surface area contributed by atoms with Gasteiger partial charge in [0.25, 0.3) is 0 Å². The van der Waals surface area contributed by atoms with Gasteiger partial charge < -0.3 is 5.73 Å².